The quantitative estimate of drug-likeness (QED) is 0.356. The molecule has 5 rings (SSSR count). The number of piperazine rings is 1. The van der Waals surface area contributed by atoms with Crippen LogP contribution in [0.5, 0.6) is 5.88 Å². The van der Waals surface area contributed by atoms with Crippen molar-refractivity contribution in [3.8, 4) is 17.0 Å². The minimum Gasteiger partial charge on any atom is -0.481 e. The van der Waals surface area contributed by atoms with Gasteiger partial charge in [-0.15, -0.1) is 0 Å². The zero-order valence-electron chi connectivity index (χ0n) is 25.4. The largest absolute Gasteiger partial charge is 0.481 e. The van der Waals surface area contributed by atoms with Gasteiger partial charge in [0.25, 0.3) is 5.91 Å². The Morgan fingerprint density at radius 3 is 2.48 bits per heavy atom. The van der Waals surface area contributed by atoms with Gasteiger partial charge in [-0.3, -0.25) is 9.69 Å². The van der Waals surface area contributed by atoms with Crippen molar-refractivity contribution in [1.82, 2.24) is 19.7 Å². The number of anilines is 2. The smallest absolute Gasteiger partial charge is 0.417 e. The van der Waals surface area contributed by atoms with Gasteiger partial charge in [-0.25, -0.2) is 9.37 Å². The molecule has 8 nitrogen and oxygen atoms in total. The van der Waals surface area contributed by atoms with Crippen LogP contribution < -0.4 is 15.0 Å². The molecule has 1 amide bonds. The number of aromatic nitrogens is 1. The number of likely N-dealkylation sites (N-methyl/N-ethyl adjacent to an activating group) is 2. The number of carbonyl (C=O) groups excluding carboxylic acids is 1. The highest BCUT2D eigenvalue weighted by atomic mass is 19.4. The van der Waals surface area contributed by atoms with E-state index in [0.717, 1.165) is 44.4 Å². The van der Waals surface area contributed by atoms with Gasteiger partial charge in [0.2, 0.25) is 5.88 Å². The van der Waals surface area contributed by atoms with Crippen LogP contribution >= 0.6 is 0 Å². The van der Waals surface area contributed by atoms with E-state index >= 15 is 4.39 Å². The number of benzene rings is 2. The van der Waals surface area contributed by atoms with E-state index in [1.165, 1.54) is 13.2 Å². The number of ether oxygens (including phenoxy) is 1. The highest BCUT2D eigenvalue weighted by molar-refractivity contribution is 6.07. The van der Waals surface area contributed by atoms with Crippen molar-refractivity contribution in [2.45, 2.75) is 25.2 Å². The van der Waals surface area contributed by atoms with Gasteiger partial charge in [0.15, 0.2) is 0 Å². The minimum absolute atomic E-state index is 0.254. The Labute approximate surface area is 255 Å². The Bertz CT molecular complexity index is 1490. The molecule has 44 heavy (non-hydrogen) atoms. The number of hydrogen-bond donors (Lipinski definition) is 1. The van der Waals surface area contributed by atoms with Gasteiger partial charge in [-0.2, -0.15) is 13.2 Å². The molecule has 2 saturated heterocycles. The number of hydrogen-bond acceptors (Lipinski definition) is 7. The zero-order chi connectivity index (χ0) is 31.6. The Kier molecular flexibility index (Phi) is 9.42. The Balaban J connectivity index is 1.48. The molecule has 3 aromatic rings. The normalized spacial score (nSPS) is 18.2. The predicted octanol–water partition coefficient (Wildman–Crippen LogP) is 5.06. The van der Waals surface area contributed by atoms with Crippen LogP contribution in [-0.4, -0.2) is 99.2 Å². The summed E-state index contributed by atoms with van der Waals surface area (Å²) in [6.07, 6.45) is -2.88. The summed E-state index contributed by atoms with van der Waals surface area (Å²) in [5, 5.41) is 2.69. The molecule has 1 atom stereocenters. The molecule has 1 aromatic heterocycles. The van der Waals surface area contributed by atoms with Crippen molar-refractivity contribution < 1.29 is 27.1 Å². The van der Waals surface area contributed by atoms with Gasteiger partial charge >= 0.3 is 6.18 Å². The lowest BCUT2D eigenvalue weighted by Crippen LogP contribution is -2.44. The van der Waals surface area contributed by atoms with Crippen molar-refractivity contribution in [3.05, 3.63) is 71.2 Å². The maximum absolute atomic E-state index is 15.3. The fourth-order valence-corrected chi connectivity index (χ4v) is 5.81. The number of rotatable bonds is 8. The standard InChI is InChI=1S/C32H38F4N6O2/c1-39(2)23-9-10-41(20-23)19-21-5-7-27(33)24(15-21)22-6-8-29(42-13-11-40(3)12-14-42)28(16-22)38-31(43)25-18-37-30(44-4)17-26(25)32(34,35)36/h5-8,15-18,23H,9-14,19-20H2,1-4H3,(H,38,43)/t23-/m1/s1. The first-order valence-electron chi connectivity index (χ1n) is 14.6. The second-order valence-corrected chi connectivity index (χ2v) is 11.7. The summed E-state index contributed by atoms with van der Waals surface area (Å²) in [6.45, 7) is 5.41. The van der Waals surface area contributed by atoms with Gasteiger partial charge in [-0.1, -0.05) is 12.1 Å². The fourth-order valence-electron chi connectivity index (χ4n) is 5.81. The molecule has 236 valence electrons. The summed E-state index contributed by atoms with van der Waals surface area (Å²) in [7, 11) is 7.36. The van der Waals surface area contributed by atoms with Crippen molar-refractivity contribution in [2.24, 2.45) is 0 Å². The average molecular weight is 615 g/mol. The van der Waals surface area contributed by atoms with E-state index in [1.54, 1.807) is 24.3 Å². The van der Waals surface area contributed by atoms with Crippen LogP contribution in [0.1, 0.15) is 27.9 Å². The molecule has 0 spiro atoms. The van der Waals surface area contributed by atoms with Crippen molar-refractivity contribution in [2.75, 3.05) is 77.7 Å². The number of amides is 1. The van der Waals surface area contributed by atoms with E-state index in [-0.39, 0.29) is 5.88 Å². The number of carbonyl (C=O) groups is 1. The van der Waals surface area contributed by atoms with E-state index in [2.05, 4.69) is 44.0 Å². The fraction of sp³-hybridized carbons (Fsp3) is 0.438. The number of nitrogens with one attached hydrogen (secondary N) is 1. The summed E-state index contributed by atoms with van der Waals surface area (Å²) in [4.78, 5) is 26.0. The molecule has 2 aliphatic heterocycles. The molecule has 2 fully saturated rings. The molecule has 0 saturated carbocycles. The van der Waals surface area contributed by atoms with E-state index < -0.39 is 29.0 Å². The van der Waals surface area contributed by atoms with Crippen LogP contribution in [0.2, 0.25) is 0 Å². The lowest BCUT2D eigenvalue weighted by Gasteiger charge is -2.35. The third kappa shape index (κ3) is 7.14. The predicted molar refractivity (Wildman–Crippen MR) is 163 cm³/mol. The van der Waals surface area contributed by atoms with E-state index in [9.17, 15) is 18.0 Å². The van der Waals surface area contributed by atoms with Gasteiger partial charge in [0.05, 0.1) is 29.6 Å². The molecule has 0 unspecified atom stereocenters. The maximum Gasteiger partial charge on any atom is 0.417 e. The highest BCUT2D eigenvalue weighted by Crippen LogP contribution is 2.37. The Morgan fingerprint density at radius 1 is 1.07 bits per heavy atom. The number of halogens is 4. The van der Waals surface area contributed by atoms with Crippen LogP contribution in [0.25, 0.3) is 11.1 Å². The van der Waals surface area contributed by atoms with E-state index in [1.807, 2.05) is 13.1 Å². The number of pyridine rings is 1. The first kappa shape index (κ1) is 31.7. The summed E-state index contributed by atoms with van der Waals surface area (Å²) in [6, 6.07) is 11.4. The zero-order valence-corrected chi connectivity index (χ0v) is 25.4. The van der Waals surface area contributed by atoms with Crippen molar-refractivity contribution in [3.63, 3.8) is 0 Å². The number of likely N-dealkylation sites (tertiary alicyclic amines) is 1. The van der Waals surface area contributed by atoms with Crippen molar-refractivity contribution >= 4 is 17.3 Å². The monoisotopic (exact) mass is 614 g/mol. The SMILES string of the molecule is COc1cc(C(F)(F)F)c(C(=O)Nc2cc(-c3cc(CN4CC[C@@H](N(C)C)C4)ccc3F)ccc2N2CCN(C)CC2)cn1. The number of alkyl halides is 3. The molecular formula is C32H38F4N6O2. The molecule has 2 aliphatic rings. The maximum atomic E-state index is 15.3. The second kappa shape index (κ2) is 13.1. The topological polar surface area (TPSA) is 64.2 Å². The molecule has 3 heterocycles. The molecule has 0 radical (unpaired) electrons. The Hall–Kier alpha value is -3.74. The van der Waals surface area contributed by atoms with Crippen molar-refractivity contribution in [1.29, 1.82) is 0 Å². The van der Waals surface area contributed by atoms with E-state index in [0.29, 0.717) is 54.2 Å². The number of methoxy groups -OCH3 is 1. The minimum atomic E-state index is -4.81. The molecular weight excluding hydrogens is 576 g/mol. The van der Waals surface area contributed by atoms with Crippen LogP contribution in [0, 0.1) is 5.82 Å². The lowest BCUT2D eigenvalue weighted by atomic mass is 10.00. The summed E-state index contributed by atoms with van der Waals surface area (Å²) in [5.74, 6) is -1.65. The highest BCUT2D eigenvalue weighted by Gasteiger charge is 2.36. The first-order valence-corrected chi connectivity index (χ1v) is 14.6. The molecule has 1 N–H and O–H groups in total. The lowest BCUT2D eigenvalue weighted by molar-refractivity contribution is -0.138. The van der Waals surface area contributed by atoms with Crippen LogP contribution in [-0.2, 0) is 12.7 Å². The number of nitrogens with zero attached hydrogens (tertiary/aromatic N) is 5. The van der Waals surface area contributed by atoms with Crippen LogP contribution in [0.15, 0.2) is 48.7 Å². The molecule has 2 aromatic carbocycles. The van der Waals surface area contributed by atoms with Crippen LogP contribution in [0.4, 0.5) is 28.9 Å². The Morgan fingerprint density at radius 2 is 1.82 bits per heavy atom. The van der Waals surface area contributed by atoms with E-state index in [4.69, 9.17) is 4.74 Å². The summed E-state index contributed by atoms with van der Waals surface area (Å²) >= 11 is 0. The summed E-state index contributed by atoms with van der Waals surface area (Å²) < 4.78 is 61.9. The van der Waals surface area contributed by atoms with Crippen LogP contribution in [0.3, 0.4) is 0 Å². The molecule has 12 heteroatoms. The van der Waals surface area contributed by atoms with Gasteiger partial charge in [0.1, 0.15) is 5.82 Å². The average Bonchev–Trinajstić information content (AvgIpc) is 3.47. The van der Waals surface area contributed by atoms with Gasteiger partial charge in [0, 0.05) is 69.7 Å². The van der Waals surface area contributed by atoms with Gasteiger partial charge < -0.3 is 24.8 Å². The third-order valence-electron chi connectivity index (χ3n) is 8.45. The second-order valence-electron chi connectivity index (χ2n) is 11.7. The van der Waals surface area contributed by atoms with Gasteiger partial charge in [-0.05, 0) is 63.0 Å². The first-order chi connectivity index (χ1) is 20.9. The molecule has 0 aliphatic carbocycles. The summed E-state index contributed by atoms with van der Waals surface area (Å²) in [5.41, 5.74) is 0.961. The third-order valence-corrected chi connectivity index (χ3v) is 8.45. The molecule has 0 bridgehead atoms.